The maximum absolute atomic E-state index is 11.1. The van der Waals surface area contributed by atoms with E-state index in [4.69, 9.17) is 4.74 Å². The summed E-state index contributed by atoms with van der Waals surface area (Å²) in [5, 5.41) is 4.15. The number of nitrogens with zero attached hydrogens (tertiary/aromatic N) is 2. The zero-order valence-electron chi connectivity index (χ0n) is 17.4. The lowest BCUT2D eigenvalue weighted by atomic mass is 10.0. The first-order chi connectivity index (χ1) is 12.5. The Bertz CT molecular complexity index is 692. The van der Waals surface area contributed by atoms with Gasteiger partial charge in [-0.1, -0.05) is 33.8 Å². The molecule has 1 aromatic carbocycles. The molecule has 2 heterocycles. The van der Waals surface area contributed by atoms with Crippen LogP contribution < -0.4 is 5.32 Å². The van der Waals surface area contributed by atoms with Crippen LogP contribution in [0.25, 0.3) is 10.9 Å². The number of alkyl carbamates (subject to hydrolysis) is 1. The van der Waals surface area contributed by atoms with E-state index >= 15 is 0 Å². The summed E-state index contributed by atoms with van der Waals surface area (Å²) in [5.74, 6) is 0. The normalized spacial score (nSPS) is 15.7. The van der Waals surface area contributed by atoms with Gasteiger partial charge in [-0.25, -0.2) is 4.79 Å². The number of carbonyl (C=O) groups is 1. The predicted octanol–water partition coefficient (Wildman–Crippen LogP) is 3.99. The van der Waals surface area contributed by atoms with Crippen molar-refractivity contribution in [3.63, 3.8) is 0 Å². The summed E-state index contributed by atoms with van der Waals surface area (Å²) < 4.78 is 7.14. The van der Waals surface area contributed by atoms with Crippen LogP contribution in [0.5, 0.6) is 0 Å². The van der Waals surface area contributed by atoms with E-state index in [1.165, 1.54) is 22.0 Å². The number of ether oxygens (including phenoxy) is 1. The maximum Gasteiger partial charge on any atom is 0.407 e. The third-order valence-electron chi connectivity index (χ3n) is 4.18. The highest BCUT2D eigenvalue weighted by Gasteiger charge is 2.22. The number of cyclic esters (lactones) is 1. The summed E-state index contributed by atoms with van der Waals surface area (Å²) in [6.07, 6.45) is 3.76. The molecule has 26 heavy (non-hydrogen) atoms. The number of fused-ring (bicyclic) bond motifs is 1. The molecular formula is C21H35N3O2. The van der Waals surface area contributed by atoms with E-state index < -0.39 is 0 Å². The minimum Gasteiger partial charge on any atom is -0.447 e. The Labute approximate surface area is 158 Å². The quantitative estimate of drug-likeness (QED) is 0.876. The van der Waals surface area contributed by atoms with Gasteiger partial charge in [-0.2, -0.15) is 0 Å². The minimum atomic E-state index is -0.308. The fourth-order valence-corrected chi connectivity index (χ4v) is 3.01. The van der Waals surface area contributed by atoms with Crippen LogP contribution in [0.3, 0.4) is 0 Å². The molecule has 1 amide bonds. The van der Waals surface area contributed by atoms with E-state index in [1.807, 2.05) is 27.7 Å². The van der Waals surface area contributed by atoms with Crippen LogP contribution in [0.2, 0.25) is 0 Å². The molecule has 1 aliphatic heterocycles. The zero-order chi connectivity index (χ0) is 19.7. The molecule has 1 aliphatic rings. The molecule has 3 rings (SSSR count). The summed E-state index contributed by atoms with van der Waals surface area (Å²) in [6.45, 7) is 9.50. The highest BCUT2D eigenvalue weighted by Crippen LogP contribution is 2.23. The SMILES string of the molecule is CC.CC.CN(C)CCc1cn(C)c2ccc(CC3COC(=O)N3)cc12. The molecule has 1 aromatic heterocycles. The van der Waals surface area contributed by atoms with Crippen LogP contribution in [-0.2, 0) is 24.6 Å². The van der Waals surface area contributed by atoms with Gasteiger partial charge in [0.25, 0.3) is 0 Å². The summed E-state index contributed by atoms with van der Waals surface area (Å²) >= 11 is 0. The Morgan fingerprint density at radius 3 is 2.50 bits per heavy atom. The lowest BCUT2D eigenvalue weighted by molar-refractivity contribution is 0.177. The maximum atomic E-state index is 11.1. The molecule has 0 aliphatic carbocycles. The lowest BCUT2D eigenvalue weighted by Crippen LogP contribution is -2.28. The molecule has 1 atom stereocenters. The summed E-state index contributed by atoms with van der Waals surface area (Å²) in [6, 6.07) is 6.65. The van der Waals surface area contributed by atoms with Crippen LogP contribution in [-0.4, -0.2) is 48.8 Å². The Morgan fingerprint density at radius 1 is 1.23 bits per heavy atom. The van der Waals surface area contributed by atoms with E-state index in [1.54, 1.807) is 0 Å². The third kappa shape index (κ3) is 5.77. The van der Waals surface area contributed by atoms with Gasteiger partial charge < -0.3 is 19.5 Å². The van der Waals surface area contributed by atoms with Crippen LogP contribution >= 0.6 is 0 Å². The van der Waals surface area contributed by atoms with Crippen molar-refractivity contribution in [3.05, 3.63) is 35.5 Å². The Hall–Kier alpha value is -2.01. The number of nitrogens with one attached hydrogen (secondary N) is 1. The van der Waals surface area contributed by atoms with Crippen molar-refractivity contribution in [1.82, 2.24) is 14.8 Å². The van der Waals surface area contributed by atoms with Crippen molar-refractivity contribution >= 4 is 17.0 Å². The largest absolute Gasteiger partial charge is 0.447 e. The Balaban J connectivity index is 0.000000791. The van der Waals surface area contributed by atoms with E-state index in [2.05, 4.69) is 60.3 Å². The second kappa shape index (κ2) is 10.9. The molecule has 5 heteroatoms. The zero-order valence-corrected chi connectivity index (χ0v) is 17.4. The Kier molecular flexibility index (Phi) is 9.21. The first kappa shape index (κ1) is 22.0. The fourth-order valence-electron chi connectivity index (χ4n) is 3.01. The van der Waals surface area contributed by atoms with Crippen LogP contribution in [0.4, 0.5) is 4.79 Å². The first-order valence-corrected chi connectivity index (χ1v) is 9.68. The summed E-state index contributed by atoms with van der Waals surface area (Å²) in [4.78, 5) is 13.3. The second-order valence-electron chi connectivity index (χ2n) is 6.31. The molecule has 1 saturated heterocycles. The molecule has 5 nitrogen and oxygen atoms in total. The summed E-state index contributed by atoms with van der Waals surface area (Å²) in [7, 11) is 6.28. The molecule has 1 N–H and O–H groups in total. The third-order valence-corrected chi connectivity index (χ3v) is 4.18. The summed E-state index contributed by atoms with van der Waals surface area (Å²) in [5.41, 5.74) is 3.87. The van der Waals surface area contributed by atoms with Gasteiger partial charge in [0, 0.05) is 30.7 Å². The molecule has 0 spiro atoms. The number of likely N-dealkylation sites (N-methyl/N-ethyl adjacent to an activating group) is 1. The number of aryl methyl sites for hydroxylation is 1. The topological polar surface area (TPSA) is 46.5 Å². The van der Waals surface area contributed by atoms with E-state index in [-0.39, 0.29) is 12.1 Å². The number of benzene rings is 1. The van der Waals surface area contributed by atoms with E-state index in [0.717, 1.165) is 19.4 Å². The average molecular weight is 362 g/mol. The van der Waals surface area contributed by atoms with Crippen molar-refractivity contribution in [3.8, 4) is 0 Å². The van der Waals surface area contributed by atoms with Crippen LogP contribution in [0, 0.1) is 0 Å². The average Bonchev–Trinajstić information content (AvgIpc) is 3.19. The number of hydrogen-bond donors (Lipinski definition) is 1. The molecule has 0 radical (unpaired) electrons. The van der Waals surface area contributed by atoms with E-state index in [9.17, 15) is 4.79 Å². The van der Waals surface area contributed by atoms with Gasteiger partial charge in [-0.3, -0.25) is 0 Å². The molecule has 1 fully saturated rings. The van der Waals surface area contributed by atoms with Crippen LogP contribution in [0.15, 0.2) is 24.4 Å². The van der Waals surface area contributed by atoms with Gasteiger partial charge in [0.2, 0.25) is 0 Å². The second-order valence-corrected chi connectivity index (χ2v) is 6.31. The smallest absolute Gasteiger partial charge is 0.407 e. The highest BCUT2D eigenvalue weighted by molar-refractivity contribution is 5.84. The lowest BCUT2D eigenvalue weighted by Gasteiger charge is -2.10. The van der Waals surface area contributed by atoms with Crippen molar-refractivity contribution in [1.29, 1.82) is 0 Å². The number of hydrogen-bond acceptors (Lipinski definition) is 3. The monoisotopic (exact) mass is 361 g/mol. The molecule has 146 valence electrons. The van der Waals surface area contributed by atoms with Crippen molar-refractivity contribution in [2.75, 3.05) is 27.2 Å². The predicted molar refractivity (Wildman–Crippen MR) is 110 cm³/mol. The van der Waals surface area contributed by atoms with Crippen molar-refractivity contribution in [2.24, 2.45) is 7.05 Å². The van der Waals surface area contributed by atoms with Gasteiger partial charge in [0.05, 0.1) is 6.04 Å². The van der Waals surface area contributed by atoms with Crippen molar-refractivity contribution < 1.29 is 9.53 Å². The van der Waals surface area contributed by atoms with Gasteiger partial charge in [0.15, 0.2) is 0 Å². The van der Waals surface area contributed by atoms with Crippen LogP contribution in [0.1, 0.15) is 38.8 Å². The molecular weight excluding hydrogens is 326 g/mol. The number of carbonyl (C=O) groups excluding carboxylic acids is 1. The molecule has 0 saturated carbocycles. The first-order valence-electron chi connectivity index (χ1n) is 9.68. The van der Waals surface area contributed by atoms with Gasteiger partial charge in [-0.05, 0) is 50.2 Å². The standard InChI is InChI=1S/C17H23N3O2.2C2H6/c1-19(2)7-6-13-10-20(3)16-5-4-12(9-15(13)16)8-14-11-22-17(21)18-14;2*1-2/h4-5,9-10,14H,6-8,11H2,1-3H3,(H,18,21);2*1-2H3. The van der Waals surface area contributed by atoms with Gasteiger partial charge in [-0.15, -0.1) is 0 Å². The van der Waals surface area contributed by atoms with E-state index in [0.29, 0.717) is 6.61 Å². The van der Waals surface area contributed by atoms with Gasteiger partial charge >= 0.3 is 6.09 Å². The fraction of sp³-hybridized carbons (Fsp3) is 0.571. The minimum absolute atomic E-state index is 0.0823. The van der Waals surface area contributed by atoms with Crippen molar-refractivity contribution in [2.45, 2.75) is 46.6 Å². The Morgan fingerprint density at radius 2 is 1.92 bits per heavy atom. The molecule has 1 unspecified atom stereocenters. The van der Waals surface area contributed by atoms with Gasteiger partial charge in [0.1, 0.15) is 6.61 Å². The number of aromatic nitrogens is 1. The number of rotatable bonds is 5. The molecule has 0 bridgehead atoms. The number of amides is 1. The highest BCUT2D eigenvalue weighted by atomic mass is 16.6. The molecule has 2 aromatic rings.